The fourth-order valence-corrected chi connectivity index (χ4v) is 2.46. The Kier molecular flexibility index (Phi) is 5.55. The number of anilines is 1. The summed E-state index contributed by atoms with van der Waals surface area (Å²) in [7, 11) is 0. The van der Waals surface area contributed by atoms with Gasteiger partial charge in [-0.05, 0) is 47.4 Å². The molecule has 106 valence electrons. The highest BCUT2D eigenvalue weighted by Crippen LogP contribution is 2.07. The lowest BCUT2D eigenvalue weighted by molar-refractivity contribution is 0.0949. The van der Waals surface area contributed by atoms with Crippen LogP contribution in [0.4, 0.5) is 5.82 Å². The predicted octanol–water partition coefficient (Wildman–Crippen LogP) is 2.94. The lowest BCUT2D eigenvalue weighted by atomic mass is 10.2. The van der Waals surface area contributed by atoms with Gasteiger partial charge in [-0.15, -0.1) is 0 Å². The number of rotatable bonds is 7. The molecule has 2 N–H and O–H groups in total. The van der Waals surface area contributed by atoms with Crippen LogP contribution in [0.25, 0.3) is 0 Å². The second kappa shape index (κ2) is 7.65. The van der Waals surface area contributed by atoms with Crippen LogP contribution >= 0.6 is 11.3 Å². The maximum atomic E-state index is 12.0. The number of amides is 1. The summed E-state index contributed by atoms with van der Waals surface area (Å²) in [6.45, 7) is 3.58. The molecule has 2 aromatic heterocycles. The van der Waals surface area contributed by atoms with Gasteiger partial charge in [-0.25, -0.2) is 4.98 Å². The van der Waals surface area contributed by atoms with E-state index in [0.717, 1.165) is 25.2 Å². The first-order valence-electron chi connectivity index (χ1n) is 6.80. The predicted molar refractivity (Wildman–Crippen MR) is 83.4 cm³/mol. The van der Waals surface area contributed by atoms with Crippen LogP contribution in [0.3, 0.4) is 0 Å². The SMILES string of the molecule is CCCNc1cccc(C(=O)NCCc2ccsc2)n1. The van der Waals surface area contributed by atoms with Crippen molar-refractivity contribution in [2.24, 2.45) is 0 Å². The van der Waals surface area contributed by atoms with Crippen molar-refractivity contribution in [1.82, 2.24) is 10.3 Å². The zero-order valence-corrected chi connectivity index (χ0v) is 12.4. The van der Waals surface area contributed by atoms with Crippen LogP contribution in [0.15, 0.2) is 35.0 Å². The molecule has 1 amide bonds. The maximum absolute atomic E-state index is 12.0. The Morgan fingerprint density at radius 1 is 1.30 bits per heavy atom. The summed E-state index contributed by atoms with van der Waals surface area (Å²) < 4.78 is 0. The Morgan fingerprint density at radius 2 is 2.20 bits per heavy atom. The summed E-state index contributed by atoms with van der Waals surface area (Å²) in [6.07, 6.45) is 1.88. The Balaban J connectivity index is 1.85. The Hall–Kier alpha value is -1.88. The third-order valence-electron chi connectivity index (χ3n) is 2.82. The van der Waals surface area contributed by atoms with Crippen LogP contribution < -0.4 is 10.6 Å². The maximum Gasteiger partial charge on any atom is 0.269 e. The van der Waals surface area contributed by atoms with Gasteiger partial charge >= 0.3 is 0 Å². The van der Waals surface area contributed by atoms with Crippen molar-refractivity contribution >= 4 is 23.1 Å². The van der Waals surface area contributed by atoms with Gasteiger partial charge in [-0.2, -0.15) is 11.3 Å². The summed E-state index contributed by atoms with van der Waals surface area (Å²) >= 11 is 1.67. The van der Waals surface area contributed by atoms with Crippen LogP contribution in [0, 0.1) is 0 Å². The summed E-state index contributed by atoms with van der Waals surface area (Å²) in [6, 6.07) is 7.53. The number of hydrogen-bond donors (Lipinski definition) is 2. The van der Waals surface area contributed by atoms with Crippen molar-refractivity contribution in [3.8, 4) is 0 Å². The molecule has 0 spiro atoms. The number of thiophene rings is 1. The second-order valence-corrected chi connectivity index (χ2v) is 5.25. The number of carbonyl (C=O) groups excluding carboxylic acids is 1. The van der Waals surface area contributed by atoms with Gasteiger partial charge in [0.25, 0.3) is 5.91 Å². The number of hydrogen-bond acceptors (Lipinski definition) is 4. The molecule has 0 saturated heterocycles. The minimum Gasteiger partial charge on any atom is -0.370 e. The number of nitrogens with one attached hydrogen (secondary N) is 2. The molecule has 0 unspecified atom stereocenters. The molecule has 0 radical (unpaired) electrons. The topological polar surface area (TPSA) is 54.0 Å². The molecule has 0 saturated carbocycles. The van der Waals surface area contributed by atoms with Crippen molar-refractivity contribution in [1.29, 1.82) is 0 Å². The van der Waals surface area contributed by atoms with E-state index in [1.54, 1.807) is 17.4 Å². The van der Waals surface area contributed by atoms with E-state index < -0.39 is 0 Å². The van der Waals surface area contributed by atoms with E-state index in [1.165, 1.54) is 5.56 Å². The van der Waals surface area contributed by atoms with E-state index in [4.69, 9.17) is 0 Å². The average Bonchev–Trinajstić information content (AvgIpc) is 2.98. The minimum atomic E-state index is -0.125. The van der Waals surface area contributed by atoms with Crippen molar-refractivity contribution in [2.75, 3.05) is 18.4 Å². The third kappa shape index (κ3) is 4.35. The fourth-order valence-electron chi connectivity index (χ4n) is 1.76. The van der Waals surface area contributed by atoms with Crippen molar-refractivity contribution in [3.05, 3.63) is 46.3 Å². The van der Waals surface area contributed by atoms with Crippen molar-refractivity contribution in [3.63, 3.8) is 0 Å². The van der Waals surface area contributed by atoms with Gasteiger partial charge in [-0.1, -0.05) is 13.0 Å². The number of nitrogens with zero attached hydrogens (tertiary/aromatic N) is 1. The minimum absolute atomic E-state index is 0.125. The second-order valence-electron chi connectivity index (χ2n) is 4.47. The highest BCUT2D eigenvalue weighted by molar-refractivity contribution is 7.07. The van der Waals surface area contributed by atoms with Crippen LogP contribution in [0.5, 0.6) is 0 Å². The van der Waals surface area contributed by atoms with Gasteiger partial charge in [-0.3, -0.25) is 4.79 Å². The Labute approximate surface area is 123 Å². The van der Waals surface area contributed by atoms with Crippen LogP contribution in [0.2, 0.25) is 0 Å². The molecule has 0 bridgehead atoms. The lowest BCUT2D eigenvalue weighted by Crippen LogP contribution is -2.26. The van der Waals surface area contributed by atoms with E-state index >= 15 is 0 Å². The highest BCUT2D eigenvalue weighted by Gasteiger charge is 2.07. The normalized spacial score (nSPS) is 10.2. The zero-order chi connectivity index (χ0) is 14.2. The molecule has 2 heterocycles. The molecule has 0 fully saturated rings. The molecular formula is C15H19N3OS. The van der Waals surface area contributed by atoms with E-state index in [9.17, 15) is 4.79 Å². The molecule has 20 heavy (non-hydrogen) atoms. The highest BCUT2D eigenvalue weighted by atomic mass is 32.1. The van der Waals surface area contributed by atoms with Crippen LogP contribution in [-0.4, -0.2) is 24.0 Å². The third-order valence-corrected chi connectivity index (χ3v) is 3.55. The molecule has 0 aliphatic carbocycles. The van der Waals surface area contributed by atoms with Gasteiger partial charge < -0.3 is 10.6 Å². The molecule has 5 heteroatoms. The molecule has 0 aliphatic rings. The van der Waals surface area contributed by atoms with Crippen molar-refractivity contribution < 1.29 is 4.79 Å². The number of pyridine rings is 1. The summed E-state index contributed by atoms with van der Waals surface area (Å²) in [5, 5.41) is 10.2. The van der Waals surface area contributed by atoms with Gasteiger partial charge in [0.15, 0.2) is 0 Å². The smallest absolute Gasteiger partial charge is 0.269 e. The van der Waals surface area contributed by atoms with E-state index in [-0.39, 0.29) is 5.91 Å². The van der Waals surface area contributed by atoms with E-state index in [1.807, 2.05) is 17.5 Å². The van der Waals surface area contributed by atoms with E-state index in [0.29, 0.717) is 12.2 Å². The lowest BCUT2D eigenvalue weighted by Gasteiger charge is -2.07. The molecule has 0 aliphatic heterocycles. The first-order chi connectivity index (χ1) is 9.79. The van der Waals surface area contributed by atoms with Crippen LogP contribution in [-0.2, 0) is 6.42 Å². The summed E-state index contributed by atoms with van der Waals surface area (Å²) in [5.74, 6) is 0.623. The number of aromatic nitrogens is 1. The standard InChI is InChI=1S/C15H19N3OS/c1-2-8-16-14-5-3-4-13(18-14)15(19)17-9-6-12-7-10-20-11-12/h3-5,7,10-11H,2,6,8-9H2,1H3,(H,16,18)(H,17,19). The zero-order valence-electron chi connectivity index (χ0n) is 11.6. The molecule has 0 atom stereocenters. The van der Waals surface area contributed by atoms with Gasteiger partial charge in [0.1, 0.15) is 11.5 Å². The first-order valence-corrected chi connectivity index (χ1v) is 7.74. The van der Waals surface area contributed by atoms with Gasteiger partial charge in [0.05, 0.1) is 0 Å². The molecule has 4 nitrogen and oxygen atoms in total. The Morgan fingerprint density at radius 3 is 2.95 bits per heavy atom. The molecule has 2 aromatic rings. The fraction of sp³-hybridized carbons (Fsp3) is 0.333. The van der Waals surface area contributed by atoms with Gasteiger partial charge in [0, 0.05) is 13.1 Å². The quantitative estimate of drug-likeness (QED) is 0.824. The summed E-state index contributed by atoms with van der Waals surface area (Å²) in [5.41, 5.74) is 1.71. The largest absolute Gasteiger partial charge is 0.370 e. The molecule has 0 aromatic carbocycles. The summed E-state index contributed by atoms with van der Waals surface area (Å²) in [4.78, 5) is 16.3. The molecular weight excluding hydrogens is 270 g/mol. The van der Waals surface area contributed by atoms with Gasteiger partial charge in [0.2, 0.25) is 0 Å². The number of carbonyl (C=O) groups is 1. The average molecular weight is 289 g/mol. The van der Waals surface area contributed by atoms with E-state index in [2.05, 4.69) is 34.0 Å². The molecule has 2 rings (SSSR count). The Bertz CT molecular complexity index is 540. The van der Waals surface area contributed by atoms with Crippen molar-refractivity contribution in [2.45, 2.75) is 19.8 Å². The van der Waals surface area contributed by atoms with Crippen LogP contribution in [0.1, 0.15) is 29.4 Å². The first kappa shape index (κ1) is 14.5. The monoisotopic (exact) mass is 289 g/mol.